The molecule has 1 aliphatic rings. The molecule has 1 aromatic heterocycles. The summed E-state index contributed by atoms with van der Waals surface area (Å²) < 4.78 is 10.4. The number of rotatable bonds is 2. The number of aryl methyl sites for hydroxylation is 1. The Morgan fingerprint density at radius 2 is 1.86 bits per heavy atom. The summed E-state index contributed by atoms with van der Waals surface area (Å²) in [6, 6.07) is 8.43. The molecule has 2 amide bonds. The van der Waals surface area contributed by atoms with Gasteiger partial charge < -0.3 is 20.1 Å². The predicted octanol–water partition coefficient (Wildman–Crippen LogP) is 1.70. The van der Waals surface area contributed by atoms with Crippen LogP contribution in [0.1, 0.15) is 5.56 Å². The first-order valence-corrected chi connectivity index (χ1v) is 6.57. The van der Waals surface area contributed by atoms with Crippen LogP contribution in [0, 0.1) is 6.92 Å². The normalized spacial score (nSPS) is 11.9. The van der Waals surface area contributed by atoms with E-state index >= 15 is 0 Å². The molecule has 0 unspecified atom stereocenters. The van der Waals surface area contributed by atoms with E-state index < -0.39 is 11.8 Å². The Bertz CT molecular complexity index is 745. The molecule has 2 aromatic rings. The highest BCUT2D eigenvalue weighted by Crippen LogP contribution is 2.34. The molecule has 0 spiro atoms. The molecule has 1 aliphatic heterocycles. The summed E-state index contributed by atoms with van der Waals surface area (Å²) in [5.74, 6) is -0.0953. The number of hydrogen-bond acceptors (Lipinski definition) is 5. The molecular formula is C15H13N3O4. The third-order valence-electron chi connectivity index (χ3n) is 3.08. The van der Waals surface area contributed by atoms with Gasteiger partial charge >= 0.3 is 11.8 Å². The third-order valence-corrected chi connectivity index (χ3v) is 3.08. The number of fused-ring (bicyclic) bond motifs is 1. The van der Waals surface area contributed by atoms with Crippen molar-refractivity contribution in [1.82, 2.24) is 4.98 Å². The fraction of sp³-hybridized carbons (Fsp3) is 0.133. The van der Waals surface area contributed by atoms with Crippen molar-refractivity contribution in [2.24, 2.45) is 0 Å². The van der Waals surface area contributed by atoms with E-state index in [0.717, 1.165) is 5.56 Å². The Kier molecular flexibility index (Phi) is 3.61. The maximum atomic E-state index is 11.9. The number of benzene rings is 1. The van der Waals surface area contributed by atoms with Gasteiger partial charge in [0, 0.05) is 18.0 Å². The number of carbonyl (C=O) groups is 2. The fourth-order valence-electron chi connectivity index (χ4n) is 1.94. The van der Waals surface area contributed by atoms with Crippen LogP contribution in [0.15, 0.2) is 36.5 Å². The van der Waals surface area contributed by atoms with Crippen LogP contribution in [0.5, 0.6) is 11.5 Å². The molecule has 0 bridgehead atoms. The van der Waals surface area contributed by atoms with Crippen LogP contribution in [0.25, 0.3) is 0 Å². The van der Waals surface area contributed by atoms with Crippen molar-refractivity contribution in [3.63, 3.8) is 0 Å². The van der Waals surface area contributed by atoms with Crippen molar-refractivity contribution in [2.45, 2.75) is 6.92 Å². The minimum atomic E-state index is -0.792. The van der Waals surface area contributed by atoms with E-state index in [1.54, 1.807) is 43.5 Å². The van der Waals surface area contributed by atoms with Gasteiger partial charge in [-0.2, -0.15) is 0 Å². The molecule has 7 heteroatoms. The predicted molar refractivity (Wildman–Crippen MR) is 78.8 cm³/mol. The average Bonchev–Trinajstić information content (AvgIpc) is 2.97. The monoisotopic (exact) mass is 299 g/mol. The Morgan fingerprint density at radius 3 is 2.68 bits per heavy atom. The second-order valence-electron chi connectivity index (χ2n) is 4.65. The third kappa shape index (κ3) is 2.83. The largest absolute Gasteiger partial charge is 0.454 e. The lowest BCUT2D eigenvalue weighted by Gasteiger charge is -2.08. The van der Waals surface area contributed by atoms with E-state index in [-0.39, 0.29) is 6.79 Å². The quantitative estimate of drug-likeness (QED) is 0.824. The molecule has 2 N–H and O–H groups in total. The standard InChI is InChI=1S/C15H13N3O4/c1-9-3-2-6-16-13(9)18-15(20)14(19)17-10-4-5-11-12(7-10)22-8-21-11/h2-7H,8H2,1H3,(H,17,19)(H,16,18,20). The number of nitrogens with zero attached hydrogens (tertiary/aromatic N) is 1. The molecule has 0 aliphatic carbocycles. The minimum Gasteiger partial charge on any atom is -0.454 e. The van der Waals surface area contributed by atoms with Gasteiger partial charge in [0.2, 0.25) is 6.79 Å². The Balaban J connectivity index is 1.67. The summed E-state index contributed by atoms with van der Waals surface area (Å²) in [6.45, 7) is 1.94. The number of carbonyl (C=O) groups excluding carboxylic acids is 2. The van der Waals surface area contributed by atoms with Gasteiger partial charge in [-0.05, 0) is 30.7 Å². The smallest absolute Gasteiger partial charge is 0.315 e. The van der Waals surface area contributed by atoms with E-state index in [9.17, 15) is 9.59 Å². The number of aromatic nitrogens is 1. The highest BCUT2D eigenvalue weighted by atomic mass is 16.7. The van der Waals surface area contributed by atoms with E-state index in [1.807, 2.05) is 0 Å². The van der Waals surface area contributed by atoms with Crippen LogP contribution >= 0.6 is 0 Å². The maximum Gasteiger partial charge on any atom is 0.315 e. The second kappa shape index (κ2) is 5.72. The minimum absolute atomic E-state index is 0.145. The summed E-state index contributed by atoms with van der Waals surface area (Å²) in [5, 5.41) is 4.96. The van der Waals surface area contributed by atoms with Crippen LogP contribution in [-0.4, -0.2) is 23.6 Å². The van der Waals surface area contributed by atoms with E-state index in [4.69, 9.17) is 9.47 Å². The summed E-state index contributed by atoms with van der Waals surface area (Å²) >= 11 is 0. The van der Waals surface area contributed by atoms with Crippen molar-refractivity contribution in [3.05, 3.63) is 42.1 Å². The van der Waals surface area contributed by atoms with Gasteiger partial charge in [0.05, 0.1) is 0 Å². The summed E-state index contributed by atoms with van der Waals surface area (Å²) in [7, 11) is 0. The van der Waals surface area contributed by atoms with Gasteiger partial charge in [0.15, 0.2) is 11.5 Å². The number of nitrogens with one attached hydrogen (secondary N) is 2. The molecule has 0 saturated carbocycles. The topological polar surface area (TPSA) is 89.6 Å². The van der Waals surface area contributed by atoms with Gasteiger partial charge in [-0.3, -0.25) is 9.59 Å². The molecule has 0 saturated heterocycles. The summed E-state index contributed by atoms with van der Waals surface area (Å²) in [5.41, 5.74) is 1.22. The number of pyridine rings is 1. The van der Waals surface area contributed by atoms with Gasteiger partial charge in [0.1, 0.15) is 5.82 Å². The van der Waals surface area contributed by atoms with E-state index in [1.165, 1.54) is 0 Å². The first-order valence-electron chi connectivity index (χ1n) is 6.57. The number of ether oxygens (including phenoxy) is 2. The Morgan fingerprint density at radius 1 is 1.09 bits per heavy atom. The van der Waals surface area contributed by atoms with Gasteiger partial charge in [0.25, 0.3) is 0 Å². The molecule has 7 nitrogen and oxygen atoms in total. The van der Waals surface area contributed by atoms with Crippen LogP contribution in [0.4, 0.5) is 11.5 Å². The van der Waals surface area contributed by atoms with Gasteiger partial charge in [-0.25, -0.2) is 4.98 Å². The molecule has 0 atom stereocenters. The second-order valence-corrected chi connectivity index (χ2v) is 4.65. The molecule has 22 heavy (non-hydrogen) atoms. The fourth-order valence-corrected chi connectivity index (χ4v) is 1.94. The zero-order chi connectivity index (χ0) is 15.5. The lowest BCUT2D eigenvalue weighted by atomic mass is 10.2. The number of amides is 2. The van der Waals surface area contributed by atoms with Crippen LogP contribution < -0.4 is 20.1 Å². The van der Waals surface area contributed by atoms with Crippen molar-refractivity contribution < 1.29 is 19.1 Å². The summed E-state index contributed by atoms with van der Waals surface area (Å²) in [4.78, 5) is 27.8. The summed E-state index contributed by atoms with van der Waals surface area (Å²) in [6.07, 6.45) is 1.54. The van der Waals surface area contributed by atoms with E-state index in [2.05, 4.69) is 15.6 Å². The lowest BCUT2D eigenvalue weighted by Crippen LogP contribution is -2.29. The van der Waals surface area contributed by atoms with Crippen LogP contribution in [-0.2, 0) is 9.59 Å². The Labute approximate surface area is 126 Å². The van der Waals surface area contributed by atoms with Gasteiger partial charge in [-0.1, -0.05) is 6.07 Å². The van der Waals surface area contributed by atoms with Crippen molar-refractivity contribution in [2.75, 3.05) is 17.4 Å². The zero-order valence-corrected chi connectivity index (χ0v) is 11.8. The molecule has 0 fully saturated rings. The number of hydrogen-bond donors (Lipinski definition) is 2. The Hall–Kier alpha value is -3.09. The molecule has 1 aromatic carbocycles. The highest BCUT2D eigenvalue weighted by molar-refractivity contribution is 6.43. The van der Waals surface area contributed by atoms with Crippen molar-refractivity contribution in [1.29, 1.82) is 0 Å². The van der Waals surface area contributed by atoms with Crippen LogP contribution in [0.3, 0.4) is 0 Å². The molecular weight excluding hydrogens is 286 g/mol. The SMILES string of the molecule is Cc1cccnc1NC(=O)C(=O)Nc1ccc2c(c1)OCO2. The first kappa shape index (κ1) is 13.9. The maximum absolute atomic E-state index is 11.9. The highest BCUT2D eigenvalue weighted by Gasteiger charge is 2.18. The van der Waals surface area contributed by atoms with Gasteiger partial charge in [-0.15, -0.1) is 0 Å². The van der Waals surface area contributed by atoms with Crippen LogP contribution in [0.2, 0.25) is 0 Å². The van der Waals surface area contributed by atoms with E-state index in [0.29, 0.717) is 23.0 Å². The average molecular weight is 299 g/mol. The molecule has 2 heterocycles. The number of anilines is 2. The lowest BCUT2D eigenvalue weighted by molar-refractivity contribution is -0.133. The first-order chi connectivity index (χ1) is 10.6. The van der Waals surface area contributed by atoms with Crippen molar-refractivity contribution >= 4 is 23.3 Å². The molecule has 0 radical (unpaired) electrons. The zero-order valence-electron chi connectivity index (χ0n) is 11.8. The molecule has 112 valence electrons. The molecule has 3 rings (SSSR count). The van der Waals surface area contributed by atoms with Crippen molar-refractivity contribution in [3.8, 4) is 11.5 Å².